The highest BCUT2D eigenvalue weighted by Gasteiger charge is 2.06. The molecule has 0 spiro atoms. The van der Waals surface area contributed by atoms with Gasteiger partial charge in [0.05, 0.1) is 0 Å². The molecular weight excluding hydrogens is 172 g/mol. The van der Waals surface area contributed by atoms with Crippen LogP contribution < -0.4 is 11.3 Å². The van der Waals surface area contributed by atoms with Crippen LogP contribution in [0.2, 0.25) is 0 Å². The maximum Gasteiger partial charge on any atom is 0.0126 e. The van der Waals surface area contributed by atoms with Crippen LogP contribution in [0.5, 0.6) is 0 Å². The van der Waals surface area contributed by atoms with Gasteiger partial charge in [0, 0.05) is 6.54 Å². The molecule has 0 heterocycles. The third kappa shape index (κ3) is 8.52. The van der Waals surface area contributed by atoms with E-state index in [1.165, 1.54) is 51.4 Å². The van der Waals surface area contributed by atoms with Crippen molar-refractivity contribution in [3.8, 4) is 0 Å². The van der Waals surface area contributed by atoms with Crippen molar-refractivity contribution < 1.29 is 0 Å². The Kier molecular flexibility index (Phi) is 10.9. The van der Waals surface area contributed by atoms with Gasteiger partial charge >= 0.3 is 0 Å². The minimum Gasteiger partial charge on any atom is -0.271 e. The molecule has 0 amide bonds. The van der Waals surface area contributed by atoms with Crippen LogP contribution in [0.4, 0.5) is 0 Å². The lowest BCUT2D eigenvalue weighted by molar-refractivity contribution is 0.392. The van der Waals surface area contributed by atoms with E-state index in [-0.39, 0.29) is 0 Å². The molecule has 0 aromatic heterocycles. The van der Waals surface area contributed by atoms with Crippen LogP contribution in [0.3, 0.4) is 0 Å². The molecule has 0 fully saturated rings. The van der Waals surface area contributed by atoms with Crippen molar-refractivity contribution in [1.82, 2.24) is 5.43 Å². The second-order valence-corrected chi connectivity index (χ2v) is 4.27. The van der Waals surface area contributed by atoms with E-state index in [2.05, 4.69) is 19.3 Å². The lowest BCUT2D eigenvalue weighted by atomic mass is 9.95. The highest BCUT2D eigenvalue weighted by Crippen LogP contribution is 2.16. The van der Waals surface area contributed by atoms with E-state index in [9.17, 15) is 0 Å². The average molecular weight is 200 g/mol. The Morgan fingerprint density at radius 1 is 0.929 bits per heavy atom. The summed E-state index contributed by atoms with van der Waals surface area (Å²) in [7, 11) is 0. The predicted octanol–water partition coefficient (Wildman–Crippen LogP) is 3.23. The van der Waals surface area contributed by atoms with E-state index in [0.29, 0.717) is 0 Å². The zero-order valence-corrected chi connectivity index (χ0v) is 10.0. The first-order valence-electron chi connectivity index (χ1n) is 6.28. The van der Waals surface area contributed by atoms with E-state index < -0.39 is 0 Å². The Balaban J connectivity index is 3.40. The van der Waals surface area contributed by atoms with E-state index in [4.69, 9.17) is 5.84 Å². The Morgan fingerprint density at radius 3 is 2.14 bits per heavy atom. The Labute approximate surface area is 89.6 Å². The minimum atomic E-state index is 0.803. The molecule has 0 aromatic rings. The largest absolute Gasteiger partial charge is 0.271 e. The predicted molar refractivity (Wildman–Crippen MR) is 64.0 cm³/mol. The fraction of sp³-hybridized carbons (Fsp3) is 1.00. The molecular formula is C12H28N2. The molecule has 0 rings (SSSR count). The summed E-state index contributed by atoms with van der Waals surface area (Å²) in [5, 5.41) is 0. The number of unbranched alkanes of at least 4 members (excludes halogenated alkanes) is 4. The van der Waals surface area contributed by atoms with Gasteiger partial charge in [-0.05, 0) is 18.8 Å². The van der Waals surface area contributed by atoms with Crippen LogP contribution >= 0.6 is 0 Å². The van der Waals surface area contributed by atoms with Crippen molar-refractivity contribution in [3.63, 3.8) is 0 Å². The number of hydrogen-bond donors (Lipinski definition) is 2. The summed E-state index contributed by atoms with van der Waals surface area (Å²) in [5.41, 5.74) is 2.82. The van der Waals surface area contributed by atoms with Gasteiger partial charge in [-0.25, -0.2) is 0 Å². The molecule has 0 radical (unpaired) electrons. The number of nitrogens with one attached hydrogen (secondary N) is 1. The highest BCUT2D eigenvalue weighted by molar-refractivity contribution is 4.61. The fourth-order valence-corrected chi connectivity index (χ4v) is 1.87. The Bertz CT molecular complexity index is 104. The summed E-state index contributed by atoms with van der Waals surface area (Å²) in [4.78, 5) is 0. The van der Waals surface area contributed by atoms with Crippen LogP contribution in [0.15, 0.2) is 0 Å². The van der Waals surface area contributed by atoms with Crippen LogP contribution in [0.25, 0.3) is 0 Å². The van der Waals surface area contributed by atoms with Crippen molar-refractivity contribution in [2.45, 2.75) is 65.2 Å². The van der Waals surface area contributed by atoms with Gasteiger partial charge in [0.1, 0.15) is 0 Å². The maximum absolute atomic E-state index is 5.38. The van der Waals surface area contributed by atoms with E-state index in [0.717, 1.165) is 12.5 Å². The molecule has 0 aliphatic rings. The summed E-state index contributed by atoms with van der Waals surface area (Å²) >= 11 is 0. The van der Waals surface area contributed by atoms with Crippen molar-refractivity contribution in [2.75, 3.05) is 6.54 Å². The summed E-state index contributed by atoms with van der Waals surface area (Å²) in [6.45, 7) is 5.51. The molecule has 2 nitrogen and oxygen atoms in total. The van der Waals surface area contributed by atoms with Crippen LogP contribution in [0, 0.1) is 5.92 Å². The van der Waals surface area contributed by atoms with Gasteiger partial charge in [-0.3, -0.25) is 11.3 Å². The van der Waals surface area contributed by atoms with Crippen LogP contribution in [-0.2, 0) is 0 Å². The molecule has 3 N–H and O–H groups in total. The molecule has 0 aliphatic carbocycles. The van der Waals surface area contributed by atoms with Crippen molar-refractivity contribution in [1.29, 1.82) is 0 Å². The summed E-state index contributed by atoms with van der Waals surface area (Å²) < 4.78 is 0. The molecule has 0 bridgehead atoms. The molecule has 0 saturated heterocycles. The number of hydrazine groups is 1. The number of rotatable bonds is 10. The standard InChI is InChI=1S/C12H28N2/c1-3-5-7-8-10-12(11-14-13)9-6-4-2/h12,14H,3-11,13H2,1-2H3. The quantitative estimate of drug-likeness (QED) is 0.323. The van der Waals surface area contributed by atoms with Gasteiger partial charge < -0.3 is 0 Å². The van der Waals surface area contributed by atoms with E-state index in [1.807, 2.05) is 0 Å². The number of hydrogen-bond acceptors (Lipinski definition) is 2. The van der Waals surface area contributed by atoms with Gasteiger partial charge in [0.2, 0.25) is 0 Å². The lowest BCUT2D eigenvalue weighted by Crippen LogP contribution is -2.28. The van der Waals surface area contributed by atoms with Crippen molar-refractivity contribution in [2.24, 2.45) is 11.8 Å². The fourth-order valence-electron chi connectivity index (χ4n) is 1.87. The van der Waals surface area contributed by atoms with Gasteiger partial charge in [0.15, 0.2) is 0 Å². The molecule has 1 unspecified atom stereocenters. The first-order chi connectivity index (χ1) is 6.85. The Morgan fingerprint density at radius 2 is 1.57 bits per heavy atom. The minimum absolute atomic E-state index is 0.803. The molecule has 14 heavy (non-hydrogen) atoms. The van der Waals surface area contributed by atoms with Gasteiger partial charge in [0.25, 0.3) is 0 Å². The second-order valence-electron chi connectivity index (χ2n) is 4.27. The zero-order chi connectivity index (χ0) is 10.6. The first kappa shape index (κ1) is 13.9. The van der Waals surface area contributed by atoms with E-state index >= 15 is 0 Å². The third-order valence-electron chi connectivity index (χ3n) is 2.84. The SMILES string of the molecule is CCCCCCC(CCCC)CNN. The number of nitrogens with two attached hydrogens (primary N) is 1. The van der Waals surface area contributed by atoms with Crippen molar-refractivity contribution >= 4 is 0 Å². The highest BCUT2D eigenvalue weighted by atomic mass is 15.2. The molecule has 1 atom stereocenters. The van der Waals surface area contributed by atoms with Crippen LogP contribution in [0.1, 0.15) is 65.2 Å². The van der Waals surface area contributed by atoms with E-state index in [1.54, 1.807) is 0 Å². The second kappa shape index (κ2) is 11.0. The summed E-state index contributed by atoms with van der Waals surface area (Å²) in [6, 6.07) is 0. The topological polar surface area (TPSA) is 38.0 Å². The molecule has 0 saturated carbocycles. The van der Waals surface area contributed by atoms with Gasteiger partial charge in [-0.1, -0.05) is 52.4 Å². The van der Waals surface area contributed by atoms with Crippen molar-refractivity contribution in [3.05, 3.63) is 0 Å². The summed E-state index contributed by atoms with van der Waals surface area (Å²) in [6.07, 6.45) is 10.8. The lowest BCUT2D eigenvalue weighted by Gasteiger charge is -2.15. The molecule has 2 heteroatoms. The zero-order valence-electron chi connectivity index (χ0n) is 10.0. The third-order valence-corrected chi connectivity index (χ3v) is 2.84. The van der Waals surface area contributed by atoms with Gasteiger partial charge in [-0.15, -0.1) is 0 Å². The first-order valence-corrected chi connectivity index (χ1v) is 6.28. The monoisotopic (exact) mass is 200 g/mol. The molecule has 0 aromatic carbocycles. The normalized spacial score (nSPS) is 13.1. The Hall–Kier alpha value is -0.0800. The molecule has 86 valence electrons. The molecule has 0 aliphatic heterocycles. The summed E-state index contributed by atoms with van der Waals surface area (Å²) in [5.74, 6) is 6.18. The van der Waals surface area contributed by atoms with Gasteiger partial charge in [-0.2, -0.15) is 0 Å². The van der Waals surface area contributed by atoms with Crippen LogP contribution in [-0.4, -0.2) is 6.54 Å². The smallest absolute Gasteiger partial charge is 0.0126 e. The average Bonchev–Trinajstić information content (AvgIpc) is 2.20. The maximum atomic E-state index is 5.38.